The van der Waals surface area contributed by atoms with Crippen LogP contribution in [0.4, 0.5) is 0 Å². The molecule has 0 radical (unpaired) electrons. The fraction of sp³-hybridized carbons (Fsp3) is 0.467. The zero-order valence-corrected chi connectivity index (χ0v) is 15.1. The summed E-state index contributed by atoms with van der Waals surface area (Å²) in [5, 5.41) is 3.51. The number of nitrogens with one attached hydrogen (secondary N) is 1. The highest BCUT2D eigenvalue weighted by atomic mass is 35.5. The van der Waals surface area contributed by atoms with E-state index in [9.17, 15) is 9.59 Å². The number of benzene rings is 1. The van der Waals surface area contributed by atoms with Crippen LogP contribution in [0.2, 0.25) is 15.1 Å². The highest BCUT2D eigenvalue weighted by Crippen LogP contribution is 2.33. The average molecular weight is 383 g/mol. The van der Waals surface area contributed by atoms with E-state index in [-0.39, 0.29) is 39.4 Å². The molecule has 1 N–H and O–H groups in total. The van der Waals surface area contributed by atoms with Gasteiger partial charge < -0.3 is 14.8 Å². The van der Waals surface area contributed by atoms with Crippen LogP contribution in [0.1, 0.15) is 26.7 Å². The molecule has 0 heterocycles. The van der Waals surface area contributed by atoms with Gasteiger partial charge >= 0.3 is 5.97 Å². The van der Waals surface area contributed by atoms with Crippen LogP contribution in [0, 0.1) is 0 Å². The van der Waals surface area contributed by atoms with Crippen molar-refractivity contribution in [2.24, 2.45) is 0 Å². The topological polar surface area (TPSA) is 64.6 Å². The monoisotopic (exact) mass is 381 g/mol. The lowest BCUT2D eigenvalue weighted by molar-refractivity contribution is -0.150. The fourth-order valence-corrected chi connectivity index (χ4v) is 2.29. The summed E-state index contributed by atoms with van der Waals surface area (Å²) in [4.78, 5) is 23.2. The molecule has 0 aliphatic heterocycles. The summed E-state index contributed by atoms with van der Waals surface area (Å²) >= 11 is 17.5. The lowest BCUT2D eigenvalue weighted by Crippen LogP contribution is -2.37. The molecule has 0 fully saturated rings. The maximum absolute atomic E-state index is 11.6. The van der Waals surface area contributed by atoms with Crippen molar-refractivity contribution in [2.45, 2.75) is 32.7 Å². The molecule has 0 aromatic heterocycles. The van der Waals surface area contributed by atoms with Gasteiger partial charge in [-0.1, -0.05) is 48.7 Å². The first-order valence-electron chi connectivity index (χ1n) is 7.09. The number of carbonyl (C=O) groups is 2. The van der Waals surface area contributed by atoms with Crippen LogP contribution in [-0.2, 0) is 14.3 Å². The molecule has 0 aliphatic rings. The summed E-state index contributed by atoms with van der Waals surface area (Å²) in [6.45, 7) is 3.19. The van der Waals surface area contributed by atoms with E-state index in [0.717, 1.165) is 12.8 Å². The second-order valence-corrected chi connectivity index (χ2v) is 5.95. The quantitative estimate of drug-likeness (QED) is 0.547. The largest absolute Gasteiger partial charge is 0.480 e. The molecule has 5 nitrogen and oxygen atoms in total. The standard InChI is InChI=1S/C15H18Cl3NO4/c1-3-9(4-2)19-14(20)7-23-15(21)8-22-13-6-11(17)10(16)5-12(13)18/h5-6,9H,3-4,7-8H2,1-2H3,(H,19,20). The van der Waals surface area contributed by atoms with Gasteiger partial charge in [0.05, 0.1) is 15.1 Å². The molecule has 23 heavy (non-hydrogen) atoms. The van der Waals surface area contributed by atoms with Crippen molar-refractivity contribution in [3.63, 3.8) is 0 Å². The number of halogens is 3. The van der Waals surface area contributed by atoms with Crippen LogP contribution in [0.15, 0.2) is 12.1 Å². The van der Waals surface area contributed by atoms with Crippen molar-refractivity contribution in [3.05, 3.63) is 27.2 Å². The Morgan fingerprint density at radius 2 is 1.65 bits per heavy atom. The summed E-state index contributed by atoms with van der Waals surface area (Å²) < 4.78 is 10.0. The minimum absolute atomic E-state index is 0.0764. The van der Waals surface area contributed by atoms with Gasteiger partial charge in [0.1, 0.15) is 5.75 Å². The molecule has 0 unspecified atom stereocenters. The Morgan fingerprint density at radius 3 is 2.26 bits per heavy atom. The molecule has 0 saturated heterocycles. The number of carbonyl (C=O) groups excluding carboxylic acids is 2. The fourth-order valence-electron chi connectivity index (χ4n) is 1.70. The second-order valence-electron chi connectivity index (χ2n) is 4.73. The van der Waals surface area contributed by atoms with Crippen LogP contribution >= 0.6 is 34.8 Å². The van der Waals surface area contributed by atoms with Crippen molar-refractivity contribution in [2.75, 3.05) is 13.2 Å². The molecule has 0 bridgehead atoms. The molecule has 0 aliphatic carbocycles. The maximum atomic E-state index is 11.6. The first kappa shape index (κ1) is 19.9. The smallest absolute Gasteiger partial charge is 0.344 e. The maximum Gasteiger partial charge on any atom is 0.344 e. The molecule has 0 spiro atoms. The zero-order valence-electron chi connectivity index (χ0n) is 12.8. The van der Waals surface area contributed by atoms with Gasteiger partial charge in [0.2, 0.25) is 0 Å². The molecule has 1 rings (SSSR count). The van der Waals surface area contributed by atoms with Crippen LogP contribution < -0.4 is 10.1 Å². The van der Waals surface area contributed by atoms with Gasteiger partial charge in [-0.2, -0.15) is 0 Å². The van der Waals surface area contributed by atoms with E-state index in [1.54, 1.807) is 0 Å². The van der Waals surface area contributed by atoms with Crippen LogP contribution in [0.25, 0.3) is 0 Å². The summed E-state index contributed by atoms with van der Waals surface area (Å²) in [6.07, 6.45) is 1.63. The van der Waals surface area contributed by atoms with E-state index in [4.69, 9.17) is 44.3 Å². The zero-order chi connectivity index (χ0) is 17.4. The number of hydrogen-bond acceptors (Lipinski definition) is 4. The second kappa shape index (κ2) is 9.85. The van der Waals surface area contributed by atoms with Gasteiger partial charge in [-0.3, -0.25) is 4.79 Å². The van der Waals surface area contributed by atoms with E-state index in [1.165, 1.54) is 12.1 Å². The number of esters is 1. The highest BCUT2D eigenvalue weighted by molar-refractivity contribution is 6.43. The molecule has 1 aromatic carbocycles. The van der Waals surface area contributed by atoms with Gasteiger partial charge in [-0.25, -0.2) is 4.79 Å². The minimum Gasteiger partial charge on any atom is -0.480 e. The lowest BCUT2D eigenvalue weighted by atomic mass is 10.2. The van der Waals surface area contributed by atoms with Gasteiger partial charge in [-0.15, -0.1) is 0 Å². The molecular weight excluding hydrogens is 365 g/mol. The minimum atomic E-state index is -0.688. The van der Waals surface area contributed by atoms with Gasteiger partial charge in [-0.05, 0) is 18.9 Å². The van der Waals surface area contributed by atoms with E-state index in [2.05, 4.69) is 5.32 Å². The predicted octanol–water partition coefficient (Wildman–Crippen LogP) is 3.87. The Labute approximate surface area is 150 Å². The Kier molecular flexibility index (Phi) is 8.52. The third-order valence-electron chi connectivity index (χ3n) is 3.04. The Morgan fingerprint density at radius 1 is 1.04 bits per heavy atom. The van der Waals surface area contributed by atoms with Crippen LogP contribution in [0.5, 0.6) is 5.75 Å². The Hall–Kier alpha value is -1.17. The van der Waals surface area contributed by atoms with Crippen molar-refractivity contribution in [1.29, 1.82) is 0 Å². The molecule has 1 amide bonds. The number of ether oxygens (including phenoxy) is 2. The first-order chi connectivity index (χ1) is 10.9. The van der Waals surface area contributed by atoms with Gasteiger partial charge in [0.15, 0.2) is 13.2 Å². The van der Waals surface area contributed by atoms with E-state index in [0.29, 0.717) is 0 Å². The number of hydrogen-bond donors (Lipinski definition) is 1. The van der Waals surface area contributed by atoms with Crippen molar-refractivity contribution < 1.29 is 19.1 Å². The summed E-state index contributed by atoms with van der Waals surface area (Å²) in [6, 6.07) is 2.89. The molecule has 1 aromatic rings. The lowest BCUT2D eigenvalue weighted by Gasteiger charge is -2.14. The number of amides is 1. The Balaban J connectivity index is 2.40. The summed E-state index contributed by atoms with van der Waals surface area (Å²) in [5.74, 6) is -0.828. The number of rotatable bonds is 8. The van der Waals surface area contributed by atoms with Crippen LogP contribution in [-0.4, -0.2) is 31.1 Å². The summed E-state index contributed by atoms with van der Waals surface area (Å²) in [7, 11) is 0. The first-order valence-corrected chi connectivity index (χ1v) is 8.23. The van der Waals surface area contributed by atoms with E-state index in [1.807, 2.05) is 13.8 Å². The molecular formula is C15H18Cl3NO4. The van der Waals surface area contributed by atoms with E-state index < -0.39 is 12.6 Å². The molecule has 128 valence electrons. The third-order valence-corrected chi connectivity index (χ3v) is 4.05. The predicted molar refractivity (Wildman–Crippen MR) is 90.4 cm³/mol. The molecule has 0 atom stereocenters. The highest BCUT2D eigenvalue weighted by Gasteiger charge is 2.13. The van der Waals surface area contributed by atoms with Crippen molar-refractivity contribution in [1.82, 2.24) is 5.32 Å². The average Bonchev–Trinajstić information content (AvgIpc) is 2.52. The van der Waals surface area contributed by atoms with Crippen LogP contribution in [0.3, 0.4) is 0 Å². The van der Waals surface area contributed by atoms with Crippen molar-refractivity contribution >= 4 is 46.7 Å². The SMILES string of the molecule is CCC(CC)NC(=O)COC(=O)COc1cc(Cl)c(Cl)cc1Cl. The van der Waals surface area contributed by atoms with Gasteiger partial charge in [0, 0.05) is 12.1 Å². The molecule has 0 saturated carbocycles. The normalized spacial score (nSPS) is 10.5. The van der Waals surface area contributed by atoms with E-state index >= 15 is 0 Å². The van der Waals surface area contributed by atoms with Gasteiger partial charge in [0.25, 0.3) is 5.91 Å². The molecule has 8 heteroatoms. The third kappa shape index (κ3) is 6.85. The summed E-state index contributed by atoms with van der Waals surface area (Å²) in [5.41, 5.74) is 0. The van der Waals surface area contributed by atoms with Crippen molar-refractivity contribution in [3.8, 4) is 5.75 Å². The Bertz CT molecular complexity index is 562.